The molecule has 1 unspecified atom stereocenters. The van der Waals surface area contributed by atoms with Crippen molar-refractivity contribution in [2.75, 3.05) is 13.7 Å². The fraction of sp³-hybridized carbons (Fsp3) is 0.333. The molecule has 0 radical (unpaired) electrons. The van der Waals surface area contributed by atoms with Gasteiger partial charge in [0.05, 0.1) is 12.6 Å². The van der Waals surface area contributed by atoms with Crippen molar-refractivity contribution in [1.82, 2.24) is 15.3 Å². The Bertz CT molecular complexity index is 508. The molecule has 2 aromatic rings. The quantitative estimate of drug-likeness (QED) is 0.894. The lowest BCUT2D eigenvalue weighted by molar-refractivity contribution is 0.340. The predicted octanol–water partition coefficient (Wildman–Crippen LogP) is 2.49. The van der Waals surface area contributed by atoms with Crippen molar-refractivity contribution in [2.45, 2.75) is 19.9 Å². The summed E-state index contributed by atoms with van der Waals surface area (Å²) in [5, 5.41) is 3.24. The zero-order chi connectivity index (χ0) is 13.7. The molecule has 1 aromatic carbocycles. The number of aromatic nitrogens is 2. The smallest absolute Gasteiger partial charge is 0.149 e. The SMILES string of the molecule is CCOc1ccc(C(NC)c2ncc(C)cn2)cc1. The number of hydrogen-bond donors (Lipinski definition) is 1. The van der Waals surface area contributed by atoms with Crippen molar-refractivity contribution in [3.63, 3.8) is 0 Å². The zero-order valence-electron chi connectivity index (χ0n) is 11.6. The second kappa shape index (κ2) is 6.29. The van der Waals surface area contributed by atoms with E-state index >= 15 is 0 Å². The van der Waals surface area contributed by atoms with Gasteiger partial charge in [0.1, 0.15) is 11.6 Å². The number of benzene rings is 1. The molecular formula is C15H19N3O. The minimum absolute atomic E-state index is 0.00345. The van der Waals surface area contributed by atoms with Crippen LogP contribution in [0.1, 0.15) is 29.9 Å². The van der Waals surface area contributed by atoms with Gasteiger partial charge in [-0.05, 0) is 44.2 Å². The van der Waals surface area contributed by atoms with Gasteiger partial charge >= 0.3 is 0 Å². The second-order valence-corrected chi connectivity index (χ2v) is 4.34. The van der Waals surface area contributed by atoms with Crippen LogP contribution in [-0.2, 0) is 0 Å². The maximum Gasteiger partial charge on any atom is 0.149 e. The Morgan fingerprint density at radius 1 is 1.16 bits per heavy atom. The number of aryl methyl sites for hydroxylation is 1. The zero-order valence-corrected chi connectivity index (χ0v) is 11.6. The van der Waals surface area contributed by atoms with Gasteiger partial charge in [-0.3, -0.25) is 0 Å². The van der Waals surface area contributed by atoms with Crippen LogP contribution in [0.15, 0.2) is 36.7 Å². The molecule has 0 aliphatic heterocycles. The predicted molar refractivity (Wildman–Crippen MR) is 75.3 cm³/mol. The topological polar surface area (TPSA) is 47.0 Å². The van der Waals surface area contributed by atoms with E-state index in [1.807, 2.05) is 57.6 Å². The van der Waals surface area contributed by atoms with Gasteiger partial charge in [0, 0.05) is 12.4 Å². The normalized spacial score (nSPS) is 12.2. The van der Waals surface area contributed by atoms with Gasteiger partial charge in [0.25, 0.3) is 0 Å². The van der Waals surface area contributed by atoms with Crippen molar-refractivity contribution in [3.05, 3.63) is 53.6 Å². The van der Waals surface area contributed by atoms with Gasteiger partial charge in [-0.1, -0.05) is 12.1 Å². The summed E-state index contributed by atoms with van der Waals surface area (Å²) in [6.07, 6.45) is 3.67. The molecule has 0 saturated heterocycles. The van der Waals surface area contributed by atoms with Crippen molar-refractivity contribution in [1.29, 1.82) is 0 Å². The van der Waals surface area contributed by atoms with E-state index in [9.17, 15) is 0 Å². The molecule has 2 rings (SSSR count). The van der Waals surface area contributed by atoms with E-state index in [4.69, 9.17) is 4.74 Å². The molecule has 0 spiro atoms. The molecule has 1 aromatic heterocycles. The number of nitrogens with zero attached hydrogens (tertiary/aromatic N) is 2. The van der Waals surface area contributed by atoms with E-state index in [0.717, 1.165) is 22.7 Å². The molecule has 1 N–H and O–H groups in total. The standard InChI is InChI=1S/C15H19N3O/c1-4-19-13-7-5-12(6-8-13)14(16-3)15-17-9-11(2)10-18-15/h5-10,14,16H,4H2,1-3H3. The minimum Gasteiger partial charge on any atom is -0.494 e. The van der Waals surface area contributed by atoms with Gasteiger partial charge in [-0.15, -0.1) is 0 Å². The summed E-state index contributed by atoms with van der Waals surface area (Å²) in [4.78, 5) is 8.76. The van der Waals surface area contributed by atoms with Crippen molar-refractivity contribution >= 4 is 0 Å². The number of ether oxygens (including phenoxy) is 1. The van der Waals surface area contributed by atoms with E-state index in [0.29, 0.717) is 6.61 Å². The van der Waals surface area contributed by atoms with Crippen LogP contribution < -0.4 is 10.1 Å². The monoisotopic (exact) mass is 257 g/mol. The maximum atomic E-state index is 5.44. The molecule has 0 fully saturated rings. The molecule has 0 amide bonds. The first-order chi connectivity index (χ1) is 9.24. The number of nitrogens with one attached hydrogen (secondary N) is 1. The highest BCUT2D eigenvalue weighted by atomic mass is 16.5. The highest BCUT2D eigenvalue weighted by Gasteiger charge is 2.14. The van der Waals surface area contributed by atoms with Crippen LogP contribution in [0.4, 0.5) is 0 Å². The fourth-order valence-corrected chi connectivity index (χ4v) is 1.92. The summed E-state index contributed by atoms with van der Waals surface area (Å²) in [6, 6.07) is 8.01. The van der Waals surface area contributed by atoms with Gasteiger partial charge in [0.15, 0.2) is 0 Å². The first-order valence-electron chi connectivity index (χ1n) is 6.43. The Kier molecular flexibility index (Phi) is 4.47. The van der Waals surface area contributed by atoms with Crippen molar-refractivity contribution in [2.24, 2.45) is 0 Å². The summed E-state index contributed by atoms with van der Waals surface area (Å²) in [5.41, 5.74) is 2.18. The fourth-order valence-electron chi connectivity index (χ4n) is 1.92. The molecule has 0 bridgehead atoms. The average Bonchev–Trinajstić information content (AvgIpc) is 2.44. The Morgan fingerprint density at radius 3 is 2.32 bits per heavy atom. The van der Waals surface area contributed by atoms with E-state index in [1.165, 1.54) is 0 Å². The minimum atomic E-state index is -0.00345. The Balaban J connectivity index is 2.23. The van der Waals surface area contributed by atoms with Crippen LogP contribution in [0, 0.1) is 6.92 Å². The maximum absolute atomic E-state index is 5.44. The largest absolute Gasteiger partial charge is 0.494 e. The first kappa shape index (κ1) is 13.5. The highest BCUT2D eigenvalue weighted by molar-refractivity contribution is 5.32. The number of rotatable bonds is 5. The summed E-state index contributed by atoms with van der Waals surface area (Å²) < 4.78 is 5.44. The van der Waals surface area contributed by atoms with E-state index in [1.54, 1.807) is 0 Å². The Morgan fingerprint density at radius 2 is 1.79 bits per heavy atom. The molecule has 100 valence electrons. The lowest BCUT2D eigenvalue weighted by Crippen LogP contribution is -2.20. The molecule has 19 heavy (non-hydrogen) atoms. The van der Waals surface area contributed by atoms with Crippen LogP contribution in [0.2, 0.25) is 0 Å². The van der Waals surface area contributed by atoms with Crippen molar-refractivity contribution < 1.29 is 4.74 Å². The van der Waals surface area contributed by atoms with Crippen LogP contribution in [0.25, 0.3) is 0 Å². The van der Waals surface area contributed by atoms with Gasteiger partial charge in [-0.25, -0.2) is 9.97 Å². The van der Waals surface area contributed by atoms with Gasteiger partial charge in [-0.2, -0.15) is 0 Å². The lowest BCUT2D eigenvalue weighted by Gasteiger charge is -2.15. The van der Waals surface area contributed by atoms with Crippen molar-refractivity contribution in [3.8, 4) is 5.75 Å². The van der Waals surface area contributed by atoms with Crippen LogP contribution in [0.3, 0.4) is 0 Å². The van der Waals surface area contributed by atoms with E-state index < -0.39 is 0 Å². The molecule has 4 heteroatoms. The molecule has 0 saturated carbocycles. The Labute approximate surface area is 113 Å². The Hall–Kier alpha value is -1.94. The van der Waals surface area contributed by atoms with Gasteiger partial charge in [0.2, 0.25) is 0 Å². The summed E-state index contributed by atoms with van der Waals surface area (Å²) in [5.74, 6) is 1.66. The molecule has 0 aliphatic carbocycles. The third-order valence-corrected chi connectivity index (χ3v) is 2.87. The highest BCUT2D eigenvalue weighted by Crippen LogP contribution is 2.21. The summed E-state index contributed by atoms with van der Waals surface area (Å²) in [6.45, 7) is 4.63. The summed E-state index contributed by atoms with van der Waals surface area (Å²) >= 11 is 0. The van der Waals surface area contributed by atoms with Crippen LogP contribution >= 0.6 is 0 Å². The lowest BCUT2D eigenvalue weighted by atomic mass is 10.1. The number of hydrogen-bond acceptors (Lipinski definition) is 4. The third kappa shape index (κ3) is 3.29. The molecule has 4 nitrogen and oxygen atoms in total. The molecule has 1 atom stereocenters. The summed E-state index contributed by atoms with van der Waals surface area (Å²) in [7, 11) is 1.91. The molecule has 1 heterocycles. The van der Waals surface area contributed by atoms with E-state index in [2.05, 4.69) is 15.3 Å². The third-order valence-electron chi connectivity index (χ3n) is 2.87. The second-order valence-electron chi connectivity index (χ2n) is 4.34. The average molecular weight is 257 g/mol. The molecular weight excluding hydrogens is 238 g/mol. The van der Waals surface area contributed by atoms with Crippen LogP contribution in [-0.4, -0.2) is 23.6 Å². The van der Waals surface area contributed by atoms with Crippen LogP contribution in [0.5, 0.6) is 5.75 Å². The van der Waals surface area contributed by atoms with Gasteiger partial charge < -0.3 is 10.1 Å². The van der Waals surface area contributed by atoms with E-state index in [-0.39, 0.29) is 6.04 Å². The first-order valence-corrected chi connectivity index (χ1v) is 6.43. The molecule has 0 aliphatic rings.